The monoisotopic (exact) mass is 318 g/mol. The van der Waals surface area contributed by atoms with Crippen molar-refractivity contribution in [3.05, 3.63) is 0 Å². The molecule has 0 saturated carbocycles. The van der Waals surface area contributed by atoms with Crippen LogP contribution in [0, 0.1) is 0 Å². The zero-order valence-electron chi connectivity index (χ0n) is 13.6. The molecule has 0 heterocycles. The van der Waals surface area contributed by atoms with Crippen LogP contribution >= 0.6 is 0 Å². The van der Waals surface area contributed by atoms with Crippen molar-refractivity contribution in [1.82, 2.24) is 5.32 Å². The predicted octanol–water partition coefficient (Wildman–Crippen LogP) is 0.261. The molecule has 1 amide bonds. The normalized spacial score (nSPS) is 10.6. The Bertz CT molecular complexity index is 287. The molecule has 0 atom stereocenters. The first-order chi connectivity index (χ1) is 10.7. The van der Waals surface area contributed by atoms with Crippen molar-refractivity contribution in [3.8, 4) is 0 Å². The Hall–Kier alpha value is -1.02. The van der Waals surface area contributed by atoms with Crippen LogP contribution < -0.4 is 11.1 Å². The van der Waals surface area contributed by atoms with E-state index in [0.717, 1.165) is 38.9 Å². The molecule has 130 valence electrons. The number of unbranched alkanes of at least 4 members (excludes halogenated alkanes) is 1. The number of Topliss-reactive ketones (excluding diaryl/α,β-unsaturated/α-hetero) is 1. The minimum Gasteiger partial charge on any atom is -0.381 e. The van der Waals surface area contributed by atoms with Gasteiger partial charge in [0.2, 0.25) is 5.91 Å². The lowest BCUT2D eigenvalue weighted by atomic mass is 10.3. The fourth-order valence-corrected chi connectivity index (χ4v) is 1.54. The second kappa shape index (κ2) is 16.4. The number of carbonyl (C=O) groups excluding carboxylic acids is 2. The second-order valence-electron chi connectivity index (χ2n) is 4.97. The van der Waals surface area contributed by atoms with Gasteiger partial charge in [0, 0.05) is 33.0 Å². The quantitative estimate of drug-likeness (QED) is 0.396. The highest BCUT2D eigenvalue weighted by molar-refractivity contribution is 5.79. The van der Waals surface area contributed by atoms with Crippen molar-refractivity contribution in [2.75, 3.05) is 52.7 Å². The van der Waals surface area contributed by atoms with Crippen LogP contribution in [0.25, 0.3) is 0 Å². The summed E-state index contributed by atoms with van der Waals surface area (Å²) in [6.07, 6.45) is 3.61. The highest BCUT2D eigenvalue weighted by atomic mass is 16.5. The minimum atomic E-state index is -0.212. The Balaban J connectivity index is 3.13. The second-order valence-corrected chi connectivity index (χ2v) is 4.97. The molecule has 22 heavy (non-hydrogen) atoms. The molecule has 3 N–H and O–H groups in total. The van der Waals surface area contributed by atoms with Crippen molar-refractivity contribution in [2.45, 2.75) is 32.6 Å². The number of ketones is 1. The number of ether oxygens (including phenoxy) is 3. The fraction of sp³-hybridized carbons (Fsp3) is 0.867. The zero-order valence-corrected chi connectivity index (χ0v) is 13.6. The van der Waals surface area contributed by atoms with Crippen LogP contribution in [-0.4, -0.2) is 64.4 Å². The SMILES string of the molecule is CC(=O)COCC(=O)NCCCOCCCCOCCCN. The molecule has 0 spiro atoms. The molecular weight excluding hydrogens is 288 g/mol. The summed E-state index contributed by atoms with van der Waals surface area (Å²) < 4.78 is 15.7. The lowest BCUT2D eigenvalue weighted by molar-refractivity contribution is -0.129. The molecule has 0 aliphatic carbocycles. The highest BCUT2D eigenvalue weighted by Gasteiger charge is 2.01. The summed E-state index contributed by atoms with van der Waals surface area (Å²) >= 11 is 0. The van der Waals surface area contributed by atoms with Gasteiger partial charge in [-0.25, -0.2) is 0 Å². The number of amides is 1. The van der Waals surface area contributed by atoms with E-state index in [1.807, 2.05) is 0 Å². The van der Waals surface area contributed by atoms with Gasteiger partial charge in [-0.05, 0) is 39.2 Å². The van der Waals surface area contributed by atoms with Crippen LogP contribution in [0.5, 0.6) is 0 Å². The topological polar surface area (TPSA) is 99.9 Å². The first-order valence-electron chi connectivity index (χ1n) is 7.86. The Morgan fingerprint density at radius 1 is 0.864 bits per heavy atom. The van der Waals surface area contributed by atoms with E-state index in [9.17, 15) is 9.59 Å². The minimum absolute atomic E-state index is 0.0214. The van der Waals surface area contributed by atoms with Crippen molar-refractivity contribution in [1.29, 1.82) is 0 Å². The Morgan fingerprint density at radius 2 is 1.45 bits per heavy atom. The van der Waals surface area contributed by atoms with E-state index in [4.69, 9.17) is 19.9 Å². The molecule has 0 fully saturated rings. The Labute approximate surface area is 132 Å². The van der Waals surface area contributed by atoms with E-state index in [1.54, 1.807) is 0 Å². The van der Waals surface area contributed by atoms with E-state index >= 15 is 0 Å². The summed E-state index contributed by atoms with van der Waals surface area (Å²) in [5.74, 6) is -0.304. The maximum absolute atomic E-state index is 11.3. The smallest absolute Gasteiger partial charge is 0.246 e. The van der Waals surface area contributed by atoms with Crippen LogP contribution in [-0.2, 0) is 23.8 Å². The number of carbonyl (C=O) groups is 2. The van der Waals surface area contributed by atoms with Crippen LogP contribution in [0.3, 0.4) is 0 Å². The number of hydrogen-bond donors (Lipinski definition) is 2. The average molecular weight is 318 g/mol. The van der Waals surface area contributed by atoms with Gasteiger partial charge in [-0.15, -0.1) is 0 Å². The first kappa shape index (κ1) is 21.0. The lowest BCUT2D eigenvalue weighted by Gasteiger charge is -2.07. The molecule has 0 radical (unpaired) electrons. The lowest BCUT2D eigenvalue weighted by Crippen LogP contribution is -2.29. The van der Waals surface area contributed by atoms with Crippen LogP contribution in [0.1, 0.15) is 32.6 Å². The van der Waals surface area contributed by atoms with E-state index in [2.05, 4.69) is 5.32 Å². The summed E-state index contributed by atoms with van der Waals surface area (Å²) in [5.41, 5.74) is 5.36. The largest absolute Gasteiger partial charge is 0.381 e. The number of nitrogens with one attached hydrogen (secondary N) is 1. The third kappa shape index (κ3) is 17.0. The third-order valence-electron chi connectivity index (χ3n) is 2.65. The summed E-state index contributed by atoms with van der Waals surface area (Å²) in [7, 11) is 0. The highest BCUT2D eigenvalue weighted by Crippen LogP contribution is 1.93. The summed E-state index contributed by atoms with van der Waals surface area (Å²) in [4.78, 5) is 21.9. The molecule has 0 aromatic carbocycles. The molecule has 0 aromatic rings. The standard InChI is InChI=1S/C15H30N2O5/c1-14(18)12-22-13-15(19)17-7-5-11-21-9-3-2-8-20-10-4-6-16/h2-13,16H2,1H3,(H,17,19). The van der Waals surface area contributed by atoms with Crippen LogP contribution in [0.4, 0.5) is 0 Å². The number of hydrogen-bond acceptors (Lipinski definition) is 6. The molecular formula is C15H30N2O5. The van der Waals surface area contributed by atoms with E-state index in [-0.39, 0.29) is 24.9 Å². The van der Waals surface area contributed by atoms with Gasteiger partial charge in [0.25, 0.3) is 0 Å². The molecule has 0 bridgehead atoms. The van der Waals surface area contributed by atoms with Gasteiger partial charge in [-0.2, -0.15) is 0 Å². The van der Waals surface area contributed by atoms with Crippen LogP contribution in [0.15, 0.2) is 0 Å². The zero-order chi connectivity index (χ0) is 16.5. The Kier molecular flexibility index (Phi) is 15.6. The maximum atomic E-state index is 11.3. The van der Waals surface area contributed by atoms with Gasteiger partial charge in [0.15, 0.2) is 5.78 Å². The summed E-state index contributed by atoms with van der Waals surface area (Å²) in [6.45, 7) is 5.33. The average Bonchev–Trinajstić information content (AvgIpc) is 2.48. The summed E-state index contributed by atoms with van der Waals surface area (Å²) in [5, 5.41) is 2.70. The maximum Gasteiger partial charge on any atom is 0.246 e. The number of rotatable bonds is 16. The molecule has 0 rings (SSSR count). The molecule has 0 aromatic heterocycles. The molecule has 0 aliphatic rings. The molecule has 7 nitrogen and oxygen atoms in total. The van der Waals surface area contributed by atoms with Gasteiger partial charge in [0.1, 0.15) is 13.2 Å². The first-order valence-corrected chi connectivity index (χ1v) is 7.86. The predicted molar refractivity (Wildman–Crippen MR) is 83.7 cm³/mol. The third-order valence-corrected chi connectivity index (χ3v) is 2.65. The Morgan fingerprint density at radius 3 is 2.05 bits per heavy atom. The van der Waals surface area contributed by atoms with Crippen molar-refractivity contribution < 1.29 is 23.8 Å². The van der Waals surface area contributed by atoms with E-state index in [0.29, 0.717) is 26.3 Å². The molecule has 0 aliphatic heterocycles. The van der Waals surface area contributed by atoms with E-state index < -0.39 is 0 Å². The molecule has 7 heteroatoms. The van der Waals surface area contributed by atoms with Crippen molar-refractivity contribution in [3.63, 3.8) is 0 Å². The van der Waals surface area contributed by atoms with Crippen LogP contribution in [0.2, 0.25) is 0 Å². The number of nitrogens with two attached hydrogens (primary N) is 1. The van der Waals surface area contributed by atoms with Gasteiger partial charge < -0.3 is 25.3 Å². The van der Waals surface area contributed by atoms with Gasteiger partial charge in [0.05, 0.1) is 0 Å². The molecule has 0 unspecified atom stereocenters. The van der Waals surface area contributed by atoms with Crippen molar-refractivity contribution in [2.24, 2.45) is 5.73 Å². The van der Waals surface area contributed by atoms with Gasteiger partial charge in [-0.3, -0.25) is 9.59 Å². The fourth-order valence-electron chi connectivity index (χ4n) is 1.54. The summed E-state index contributed by atoms with van der Waals surface area (Å²) in [6, 6.07) is 0. The van der Waals surface area contributed by atoms with E-state index in [1.165, 1.54) is 6.92 Å². The molecule has 0 saturated heterocycles. The van der Waals surface area contributed by atoms with Gasteiger partial charge in [-0.1, -0.05) is 0 Å². The van der Waals surface area contributed by atoms with Gasteiger partial charge >= 0.3 is 0 Å². The van der Waals surface area contributed by atoms with Crippen molar-refractivity contribution >= 4 is 11.7 Å².